The number of nitrogens with two attached hydrogens (primary N) is 1. The summed E-state index contributed by atoms with van der Waals surface area (Å²) < 4.78 is 64.5. The van der Waals surface area contributed by atoms with Crippen LogP contribution in [-0.2, 0) is 20.8 Å². The number of sulfone groups is 1. The van der Waals surface area contributed by atoms with Crippen molar-refractivity contribution in [3.05, 3.63) is 29.8 Å². The largest absolute Gasteiger partial charge is 0.416 e. The molecule has 0 bridgehead atoms. The van der Waals surface area contributed by atoms with E-state index >= 15 is 0 Å². The SMILES string of the molecule is CC(C)(C)N(CC(N)=O)CC1CCC(S(=O)(=O)c2cccc(C(F)(F)F)c2)CC1. The summed E-state index contributed by atoms with van der Waals surface area (Å²) in [6, 6.07) is 3.95. The van der Waals surface area contributed by atoms with E-state index in [-0.39, 0.29) is 22.9 Å². The number of amides is 1. The van der Waals surface area contributed by atoms with Gasteiger partial charge in [-0.25, -0.2) is 8.42 Å². The Kier molecular flexibility index (Phi) is 7.05. The summed E-state index contributed by atoms with van der Waals surface area (Å²) in [6.07, 6.45) is -2.54. The number of halogens is 3. The predicted octanol–water partition coefficient (Wildman–Crippen LogP) is 3.62. The van der Waals surface area contributed by atoms with E-state index in [9.17, 15) is 26.4 Å². The molecule has 1 aliphatic rings. The first-order valence-electron chi connectivity index (χ1n) is 9.66. The lowest BCUT2D eigenvalue weighted by Crippen LogP contribution is -2.48. The van der Waals surface area contributed by atoms with Crippen molar-refractivity contribution >= 4 is 15.7 Å². The van der Waals surface area contributed by atoms with Crippen molar-refractivity contribution < 1.29 is 26.4 Å². The van der Waals surface area contributed by atoms with Crippen LogP contribution in [-0.4, -0.2) is 43.1 Å². The lowest BCUT2D eigenvalue weighted by atomic mass is 9.87. The van der Waals surface area contributed by atoms with Crippen LogP contribution in [0, 0.1) is 5.92 Å². The van der Waals surface area contributed by atoms with Gasteiger partial charge in [0.25, 0.3) is 0 Å². The van der Waals surface area contributed by atoms with Gasteiger partial charge in [0.15, 0.2) is 9.84 Å². The number of hydrogen-bond acceptors (Lipinski definition) is 4. The Balaban J connectivity index is 2.07. The van der Waals surface area contributed by atoms with Crippen molar-refractivity contribution in [3.8, 4) is 0 Å². The Morgan fingerprint density at radius 3 is 2.21 bits per heavy atom. The van der Waals surface area contributed by atoms with Gasteiger partial charge >= 0.3 is 6.18 Å². The van der Waals surface area contributed by atoms with Crippen LogP contribution in [0.1, 0.15) is 52.0 Å². The highest BCUT2D eigenvalue weighted by Gasteiger charge is 2.36. The van der Waals surface area contributed by atoms with Gasteiger partial charge < -0.3 is 5.73 Å². The second kappa shape index (κ2) is 8.63. The molecule has 2 N–H and O–H groups in total. The zero-order valence-corrected chi connectivity index (χ0v) is 17.8. The first kappa shape index (κ1) is 23.7. The van der Waals surface area contributed by atoms with Crippen molar-refractivity contribution in [2.75, 3.05) is 13.1 Å². The molecule has 0 aliphatic heterocycles. The van der Waals surface area contributed by atoms with Crippen molar-refractivity contribution in [2.45, 2.75) is 68.3 Å². The van der Waals surface area contributed by atoms with Crippen LogP contribution in [0.15, 0.2) is 29.2 Å². The summed E-state index contributed by atoms with van der Waals surface area (Å²) in [6.45, 7) is 6.72. The van der Waals surface area contributed by atoms with Crippen molar-refractivity contribution in [2.24, 2.45) is 11.7 Å². The van der Waals surface area contributed by atoms with Crippen LogP contribution in [0.5, 0.6) is 0 Å². The Morgan fingerprint density at radius 2 is 1.72 bits per heavy atom. The van der Waals surface area contributed by atoms with Crippen molar-refractivity contribution in [1.29, 1.82) is 0 Å². The minimum Gasteiger partial charge on any atom is -0.369 e. The number of carbonyl (C=O) groups is 1. The normalized spacial score (nSPS) is 21.3. The van der Waals surface area contributed by atoms with E-state index in [2.05, 4.69) is 0 Å². The summed E-state index contributed by atoms with van der Waals surface area (Å²) in [5.74, 6) is -0.206. The molecule has 1 fully saturated rings. The maximum Gasteiger partial charge on any atom is 0.416 e. The molecule has 0 aromatic heterocycles. The zero-order valence-electron chi connectivity index (χ0n) is 17.0. The summed E-state index contributed by atoms with van der Waals surface area (Å²) in [5, 5.41) is -0.693. The first-order chi connectivity index (χ1) is 13.2. The Bertz CT molecular complexity index is 824. The molecule has 1 aliphatic carbocycles. The fraction of sp³-hybridized carbons (Fsp3) is 0.650. The monoisotopic (exact) mass is 434 g/mol. The van der Waals surface area contributed by atoms with Gasteiger partial charge in [0.1, 0.15) is 0 Å². The minimum absolute atomic E-state index is 0.131. The van der Waals surface area contributed by atoms with E-state index in [0.717, 1.165) is 18.2 Å². The van der Waals surface area contributed by atoms with E-state index in [1.165, 1.54) is 6.07 Å². The summed E-state index contributed by atoms with van der Waals surface area (Å²) in [5.41, 5.74) is 4.13. The number of alkyl halides is 3. The van der Waals surface area contributed by atoms with Crippen LogP contribution < -0.4 is 5.73 Å². The molecule has 0 radical (unpaired) electrons. The average molecular weight is 435 g/mol. The van der Waals surface area contributed by atoms with E-state index in [0.29, 0.717) is 32.2 Å². The number of nitrogens with zero attached hydrogens (tertiary/aromatic N) is 1. The zero-order chi connectivity index (χ0) is 22.0. The number of primary amides is 1. The van der Waals surface area contributed by atoms with Crippen LogP contribution in [0.3, 0.4) is 0 Å². The highest BCUT2D eigenvalue weighted by molar-refractivity contribution is 7.92. The van der Waals surface area contributed by atoms with Crippen LogP contribution in [0.2, 0.25) is 0 Å². The third kappa shape index (κ3) is 6.18. The Hall–Kier alpha value is -1.61. The standard InChI is InChI=1S/C20H29F3N2O3S/c1-19(2,3)25(13-18(24)26)12-14-7-9-16(10-8-14)29(27,28)17-6-4-5-15(11-17)20(21,22)23/h4-6,11,14,16H,7-10,12-13H2,1-3H3,(H2,24,26). The molecule has 1 aromatic carbocycles. The van der Waals surface area contributed by atoms with E-state index in [1.54, 1.807) is 0 Å². The summed E-state index contributed by atoms with van der Waals surface area (Å²) in [4.78, 5) is 13.1. The van der Waals surface area contributed by atoms with Gasteiger partial charge in [-0.2, -0.15) is 13.2 Å². The molecule has 0 atom stereocenters. The molecule has 0 heterocycles. The highest BCUT2D eigenvalue weighted by Crippen LogP contribution is 2.35. The molecular weight excluding hydrogens is 405 g/mol. The highest BCUT2D eigenvalue weighted by atomic mass is 32.2. The minimum atomic E-state index is -4.58. The topological polar surface area (TPSA) is 80.5 Å². The Morgan fingerprint density at radius 1 is 1.14 bits per heavy atom. The van der Waals surface area contributed by atoms with Crippen LogP contribution in [0.4, 0.5) is 13.2 Å². The molecule has 0 spiro atoms. The smallest absolute Gasteiger partial charge is 0.369 e. The predicted molar refractivity (Wildman–Crippen MR) is 105 cm³/mol. The molecule has 1 amide bonds. The molecular formula is C20H29F3N2O3S. The maximum absolute atomic E-state index is 12.9. The fourth-order valence-electron chi connectivity index (χ4n) is 3.74. The summed E-state index contributed by atoms with van der Waals surface area (Å²) in [7, 11) is -3.83. The van der Waals surface area contributed by atoms with Crippen molar-refractivity contribution in [1.82, 2.24) is 4.90 Å². The van der Waals surface area contributed by atoms with Crippen LogP contribution >= 0.6 is 0 Å². The van der Waals surface area contributed by atoms with E-state index in [1.807, 2.05) is 25.7 Å². The molecule has 1 saturated carbocycles. The molecule has 5 nitrogen and oxygen atoms in total. The number of benzene rings is 1. The molecule has 1 aromatic rings. The van der Waals surface area contributed by atoms with Crippen molar-refractivity contribution in [3.63, 3.8) is 0 Å². The lowest BCUT2D eigenvalue weighted by molar-refractivity contribution is -0.137. The molecule has 164 valence electrons. The molecule has 0 saturated heterocycles. The first-order valence-corrected chi connectivity index (χ1v) is 11.2. The number of rotatable bonds is 6. The lowest BCUT2D eigenvalue weighted by Gasteiger charge is -2.39. The van der Waals surface area contributed by atoms with Gasteiger partial charge in [-0.05, 0) is 70.6 Å². The molecule has 9 heteroatoms. The third-order valence-corrected chi connectivity index (χ3v) is 7.76. The van der Waals surface area contributed by atoms with Gasteiger partial charge in [-0.15, -0.1) is 0 Å². The number of hydrogen-bond donors (Lipinski definition) is 1. The van der Waals surface area contributed by atoms with Gasteiger partial charge in [0.05, 0.1) is 22.3 Å². The molecule has 0 unspecified atom stereocenters. The molecule has 29 heavy (non-hydrogen) atoms. The van der Waals surface area contributed by atoms with Gasteiger partial charge in [-0.1, -0.05) is 6.07 Å². The van der Waals surface area contributed by atoms with E-state index in [4.69, 9.17) is 5.73 Å². The average Bonchev–Trinajstić information content (AvgIpc) is 2.60. The fourth-order valence-corrected chi connectivity index (χ4v) is 5.58. The summed E-state index contributed by atoms with van der Waals surface area (Å²) >= 11 is 0. The van der Waals surface area contributed by atoms with E-state index < -0.39 is 32.7 Å². The molecule has 2 rings (SSSR count). The Labute approximate surface area is 170 Å². The van der Waals surface area contributed by atoms with Gasteiger partial charge in [0.2, 0.25) is 5.91 Å². The maximum atomic E-state index is 12.9. The third-order valence-electron chi connectivity index (χ3n) is 5.50. The van der Waals surface area contributed by atoms with Gasteiger partial charge in [-0.3, -0.25) is 9.69 Å². The number of carbonyl (C=O) groups excluding carboxylic acids is 1. The quantitative estimate of drug-likeness (QED) is 0.742. The second-order valence-corrected chi connectivity index (χ2v) is 11.0. The van der Waals surface area contributed by atoms with Crippen LogP contribution in [0.25, 0.3) is 0 Å². The van der Waals surface area contributed by atoms with Gasteiger partial charge in [0, 0.05) is 12.1 Å². The second-order valence-electron chi connectivity index (χ2n) is 8.73.